The molecule has 1 aromatic carbocycles. The normalized spacial score (nSPS) is 12.0. The fourth-order valence-electron chi connectivity index (χ4n) is 2.10. The smallest absolute Gasteiger partial charge is 0.309 e. The Labute approximate surface area is 106 Å². The highest BCUT2D eigenvalue weighted by molar-refractivity contribution is 5.80. The van der Waals surface area contributed by atoms with Crippen LogP contribution in [0.4, 0.5) is 0 Å². The molecule has 4 nitrogen and oxygen atoms in total. The summed E-state index contributed by atoms with van der Waals surface area (Å²) >= 11 is 0. The molecule has 96 valence electrons. The number of hydrogen-bond acceptors (Lipinski definition) is 2. The highest BCUT2D eigenvalue weighted by Gasteiger charge is 2.28. The molecule has 0 fully saturated rings. The molecule has 1 aromatic heterocycles. The summed E-state index contributed by atoms with van der Waals surface area (Å²) in [5.74, 6) is -0.0815. The number of aromatic nitrogens is 2. The first-order chi connectivity index (χ1) is 8.29. The Hall–Kier alpha value is -1.84. The number of aromatic amines is 1. The van der Waals surface area contributed by atoms with Gasteiger partial charge in [-0.25, -0.2) is 4.98 Å². The maximum absolute atomic E-state index is 11.1. The Bertz CT molecular complexity index is 612. The quantitative estimate of drug-likeness (QED) is 0.875. The van der Waals surface area contributed by atoms with Crippen molar-refractivity contribution in [2.24, 2.45) is 5.41 Å². The van der Waals surface area contributed by atoms with Crippen molar-refractivity contribution in [3.05, 3.63) is 29.1 Å². The Morgan fingerprint density at radius 2 is 2.06 bits per heavy atom. The van der Waals surface area contributed by atoms with E-state index in [1.165, 1.54) is 5.56 Å². The Kier molecular flexibility index (Phi) is 2.89. The van der Waals surface area contributed by atoms with Crippen LogP contribution in [0.3, 0.4) is 0 Å². The van der Waals surface area contributed by atoms with E-state index in [9.17, 15) is 4.79 Å². The van der Waals surface area contributed by atoms with Gasteiger partial charge in [-0.1, -0.05) is 6.07 Å². The van der Waals surface area contributed by atoms with Gasteiger partial charge >= 0.3 is 5.97 Å². The van der Waals surface area contributed by atoms with Gasteiger partial charge in [0.25, 0.3) is 0 Å². The van der Waals surface area contributed by atoms with Crippen molar-refractivity contribution in [3.63, 3.8) is 0 Å². The lowest BCUT2D eigenvalue weighted by atomic mass is 9.89. The fourth-order valence-corrected chi connectivity index (χ4v) is 2.10. The van der Waals surface area contributed by atoms with E-state index in [-0.39, 0.29) is 0 Å². The molecule has 1 heterocycles. The number of aliphatic carboxylic acids is 1. The Morgan fingerprint density at radius 1 is 1.39 bits per heavy atom. The number of carboxylic acids is 1. The monoisotopic (exact) mass is 246 g/mol. The third kappa shape index (κ3) is 2.23. The van der Waals surface area contributed by atoms with Crippen LogP contribution in [-0.2, 0) is 11.2 Å². The topological polar surface area (TPSA) is 66.0 Å². The lowest BCUT2D eigenvalue weighted by Gasteiger charge is -2.16. The molecule has 0 amide bonds. The molecule has 4 heteroatoms. The molecule has 18 heavy (non-hydrogen) atoms. The number of benzene rings is 1. The predicted octanol–water partition coefficient (Wildman–Crippen LogP) is 2.83. The first kappa shape index (κ1) is 12.6. The SMILES string of the molecule is Cc1cc(C)c2nc(CC(C)(C)C(=O)O)[nH]c2c1. The van der Waals surface area contributed by atoms with E-state index in [1.807, 2.05) is 19.9 Å². The highest BCUT2D eigenvalue weighted by atomic mass is 16.4. The van der Waals surface area contributed by atoms with Crippen LogP contribution in [-0.4, -0.2) is 21.0 Å². The molecule has 0 aliphatic carbocycles. The number of aryl methyl sites for hydroxylation is 2. The summed E-state index contributed by atoms with van der Waals surface area (Å²) in [7, 11) is 0. The summed E-state index contributed by atoms with van der Waals surface area (Å²) in [6, 6.07) is 4.11. The van der Waals surface area contributed by atoms with Crippen LogP contribution in [0, 0.1) is 19.3 Å². The number of carboxylic acid groups (broad SMARTS) is 1. The third-order valence-corrected chi connectivity index (χ3v) is 3.16. The van der Waals surface area contributed by atoms with E-state index < -0.39 is 11.4 Å². The maximum Gasteiger partial charge on any atom is 0.309 e. The minimum absolute atomic E-state index is 0.398. The van der Waals surface area contributed by atoms with Crippen LogP contribution in [0.15, 0.2) is 12.1 Å². The van der Waals surface area contributed by atoms with E-state index in [0.717, 1.165) is 22.4 Å². The van der Waals surface area contributed by atoms with E-state index in [0.29, 0.717) is 6.42 Å². The number of hydrogen-bond donors (Lipinski definition) is 2. The van der Waals surface area contributed by atoms with Gasteiger partial charge in [0.1, 0.15) is 5.82 Å². The van der Waals surface area contributed by atoms with Crippen LogP contribution in [0.2, 0.25) is 0 Å². The lowest BCUT2D eigenvalue weighted by Crippen LogP contribution is -2.26. The zero-order chi connectivity index (χ0) is 13.5. The molecule has 0 saturated carbocycles. The Balaban J connectivity index is 2.42. The number of rotatable bonds is 3. The van der Waals surface area contributed by atoms with Gasteiger partial charge in [-0.2, -0.15) is 0 Å². The number of fused-ring (bicyclic) bond motifs is 1. The number of carbonyl (C=O) groups is 1. The zero-order valence-electron chi connectivity index (χ0n) is 11.2. The summed E-state index contributed by atoms with van der Waals surface area (Å²) in [5, 5.41) is 9.13. The molecule has 2 N–H and O–H groups in total. The third-order valence-electron chi connectivity index (χ3n) is 3.16. The molecule has 0 aliphatic rings. The average Bonchev–Trinajstić information content (AvgIpc) is 2.59. The summed E-state index contributed by atoms with van der Waals surface area (Å²) < 4.78 is 0. The second-order valence-electron chi connectivity index (χ2n) is 5.53. The lowest BCUT2D eigenvalue weighted by molar-refractivity contribution is -0.146. The molecule has 0 aliphatic heterocycles. The van der Waals surface area contributed by atoms with E-state index in [4.69, 9.17) is 5.11 Å². The van der Waals surface area contributed by atoms with Gasteiger partial charge in [0.15, 0.2) is 0 Å². The molecule has 0 atom stereocenters. The summed E-state index contributed by atoms with van der Waals surface area (Å²) in [6.07, 6.45) is 0.398. The second-order valence-corrected chi connectivity index (χ2v) is 5.53. The van der Waals surface area contributed by atoms with Crippen LogP contribution in [0.25, 0.3) is 11.0 Å². The molecule has 0 unspecified atom stereocenters. The Morgan fingerprint density at radius 3 is 2.67 bits per heavy atom. The van der Waals surface area contributed by atoms with Crippen molar-refractivity contribution in [1.82, 2.24) is 9.97 Å². The molecule has 2 aromatic rings. The molecule has 2 rings (SSSR count). The van der Waals surface area contributed by atoms with E-state index in [1.54, 1.807) is 13.8 Å². The predicted molar refractivity (Wildman–Crippen MR) is 70.7 cm³/mol. The summed E-state index contributed by atoms with van der Waals surface area (Å²) in [5.41, 5.74) is 3.38. The molecule has 0 bridgehead atoms. The van der Waals surface area contributed by atoms with Gasteiger partial charge in [0, 0.05) is 6.42 Å². The average molecular weight is 246 g/mol. The first-order valence-corrected chi connectivity index (χ1v) is 5.99. The van der Waals surface area contributed by atoms with Crippen LogP contribution in [0.1, 0.15) is 30.8 Å². The molecular weight excluding hydrogens is 228 g/mol. The number of nitrogens with zero attached hydrogens (tertiary/aromatic N) is 1. The van der Waals surface area contributed by atoms with Crippen LogP contribution >= 0.6 is 0 Å². The van der Waals surface area contributed by atoms with Gasteiger partial charge in [-0.3, -0.25) is 4.79 Å². The van der Waals surface area contributed by atoms with Crippen molar-refractivity contribution in [2.75, 3.05) is 0 Å². The molecular formula is C14H18N2O2. The second kappa shape index (κ2) is 4.12. The fraction of sp³-hybridized carbons (Fsp3) is 0.429. The highest BCUT2D eigenvalue weighted by Crippen LogP contribution is 2.24. The zero-order valence-corrected chi connectivity index (χ0v) is 11.2. The summed E-state index contributed by atoms with van der Waals surface area (Å²) in [4.78, 5) is 18.8. The van der Waals surface area contributed by atoms with Crippen molar-refractivity contribution in [3.8, 4) is 0 Å². The number of H-pyrrole nitrogens is 1. The minimum Gasteiger partial charge on any atom is -0.481 e. The van der Waals surface area contributed by atoms with Gasteiger partial charge in [-0.15, -0.1) is 0 Å². The molecule has 0 spiro atoms. The van der Waals surface area contributed by atoms with Gasteiger partial charge in [0.05, 0.1) is 16.4 Å². The molecule has 0 saturated heterocycles. The van der Waals surface area contributed by atoms with Crippen molar-refractivity contribution < 1.29 is 9.90 Å². The minimum atomic E-state index is -0.809. The van der Waals surface area contributed by atoms with Crippen molar-refractivity contribution in [1.29, 1.82) is 0 Å². The summed E-state index contributed by atoms with van der Waals surface area (Å²) in [6.45, 7) is 7.47. The van der Waals surface area contributed by atoms with Crippen molar-refractivity contribution >= 4 is 17.0 Å². The first-order valence-electron chi connectivity index (χ1n) is 5.99. The number of nitrogens with one attached hydrogen (secondary N) is 1. The largest absolute Gasteiger partial charge is 0.481 e. The van der Waals surface area contributed by atoms with E-state index >= 15 is 0 Å². The van der Waals surface area contributed by atoms with Gasteiger partial charge in [0.2, 0.25) is 0 Å². The van der Waals surface area contributed by atoms with Gasteiger partial charge < -0.3 is 10.1 Å². The van der Waals surface area contributed by atoms with Crippen LogP contribution in [0.5, 0.6) is 0 Å². The van der Waals surface area contributed by atoms with E-state index in [2.05, 4.69) is 16.0 Å². The standard InChI is InChI=1S/C14H18N2O2/c1-8-5-9(2)12-10(6-8)15-11(16-12)7-14(3,4)13(17)18/h5-6H,7H2,1-4H3,(H,15,16)(H,17,18). The maximum atomic E-state index is 11.1. The van der Waals surface area contributed by atoms with Crippen LogP contribution < -0.4 is 0 Å². The van der Waals surface area contributed by atoms with Gasteiger partial charge in [-0.05, 0) is 44.9 Å². The molecule has 0 radical (unpaired) electrons. The van der Waals surface area contributed by atoms with Crippen molar-refractivity contribution in [2.45, 2.75) is 34.1 Å². The number of imidazole rings is 1.